The molecule has 0 amide bonds. The second-order valence-electron chi connectivity index (χ2n) is 6.23. The molecule has 0 aliphatic rings. The van der Waals surface area contributed by atoms with E-state index in [4.69, 9.17) is 17.0 Å². The molecule has 0 aliphatic heterocycles. The summed E-state index contributed by atoms with van der Waals surface area (Å²) in [5.74, 6) is 0.226. The summed E-state index contributed by atoms with van der Waals surface area (Å²) in [5, 5.41) is 5.47. The number of rotatable bonds is 6. The highest BCUT2D eigenvalue weighted by atomic mass is 32.2. The van der Waals surface area contributed by atoms with Gasteiger partial charge in [0.2, 0.25) is 5.88 Å². The van der Waals surface area contributed by atoms with Gasteiger partial charge < -0.3 is 15.4 Å². The Balaban J connectivity index is 1.65. The van der Waals surface area contributed by atoms with E-state index in [1.165, 1.54) is 49.6 Å². The molecule has 0 saturated carbocycles. The molecule has 3 aromatic rings. The Kier molecular flexibility index (Phi) is 6.79. The minimum atomic E-state index is -4.47. The summed E-state index contributed by atoms with van der Waals surface area (Å²) in [6.45, 7) is 0. The molecule has 1 aromatic heterocycles. The number of hydrogen-bond acceptors (Lipinski definition) is 6. The van der Waals surface area contributed by atoms with Gasteiger partial charge in [0.15, 0.2) is 5.11 Å². The first-order chi connectivity index (χ1) is 15.1. The molecule has 3 N–H and O–H groups in total. The second kappa shape index (κ2) is 9.36. The van der Waals surface area contributed by atoms with Crippen molar-refractivity contribution in [1.82, 2.24) is 9.97 Å². The Hall–Kier alpha value is -3.45. The highest BCUT2D eigenvalue weighted by molar-refractivity contribution is 7.92. The van der Waals surface area contributed by atoms with Crippen molar-refractivity contribution in [3.63, 3.8) is 0 Å². The monoisotopic (exact) mass is 483 g/mol. The van der Waals surface area contributed by atoms with Gasteiger partial charge in [-0.1, -0.05) is 6.07 Å². The lowest BCUT2D eigenvalue weighted by Gasteiger charge is -2.13. The molecule has 168 valence electrons. The van der Waals surface area contributed by atoms with E-state index in [2.05, 4.69) is 25.3 Å². The third kappa shape index (κ3) is 6.04. The third-order valence-corrected chi connectivity index (χ3v) is 5.54. The van der Waals surface area contributed by atoms with Gasteiger partial charge in [-0.3, -0.25) is 4.72 Å². The molecular weight excluding hydrogens is 467 g/mol. The molecule has 0 aliphatic carbocycles. The fraction of sp³-hybridized carbons (Fsp3) is 0.105. The zero-order chi connectivity index (χ0) is 23.4. The molecule has 32 heavy (non-hydrogen) atoms. The highest BCUT2D eigenvalue weighted by Crippen LogP contribution is 2.30. The van der Waals surface area contributed by atoms with Crippen molar-refractivity contribution in [1.29, 1.82) is 0 Å². The van der Waals surface area contributed by atoms with Crippen LogP contribution >= 0.6 is 12.2 Å². The van der Waals surface area contributed by atoms with Crippen molar-refractivity contribution >= 4 is 44.5 Å². The van der Waals surface area contributed by atoms with E-state index in [-0.39, 0.29) is 27.4 Å². The second-order valence-corrected chi connectivity index (χ2v) is 8.32. The van der Waals surface area contributed by atoms with Crippen molar-refractivity contribution in [2.75, 3.05) is 22.5 Å². The Morgan fingerprint density at radius 3 is 2.34 bits per heavy atom. The van der Waals surface area contributed by atoms with Crippen LogP contribution in [-0.4, -0.2) is 30.6 Å². The van der Waals surface area contributed by atoms with Crippen LogP contribution in [0.3, 0.4) is 0 Å². The molecule has 8 nitrogen and oxygen atoms in total. The van der Waals surface area contributed by atoms with Gasteiger partial charge in [-0.25, -0.2) is 18.4 Å². The lowest BCUT2D eigenvalue weighted by atomic mass is 10.2. The van der Waals surface area contributed by atoms with Crippen molar-refractivity contribution in [2.45, 2.75) is 11.1 Å². The Morgan fingerprint density at radius 1 is 1.00 bits per heavy atom. The van der Waals surface area contributed by atoms with Crippen LogP contribution in [0.25, 0.3) is 0 Å². The molecule has 0 saturated heterocycles. The lowest BCUT2D eigenvalue weighted by molar-refractivity contribution is -0.137. The fourth-order valence-corrected chi connectivity index (χ4v) is 3.72. The number of thiocarbonyl (C=S) groups is 1. The Bertz CT molecular complexity index is 1220. The van der Waals surface area contributed by atoms with Crippen LogP contribution in [0.5, 0.6) is 5.88 Å². The number of alkyl halides is 3. The van der Waals surface area contributed by atoms with Gasteiger partial charge in [0.25, 0.3) is 10.0 Å². The van der Waals surface area contributed by atoms with E-state index in [9.17, 15) is 21.6 Å². The maximum absolute atomic E-state index is 12.8. The SMILES string of the molecule is COc1cc(NS(=O)(=O)c2ccc(NC(=S)Nc3cccc(C(F)(F)F)c3)cc2)ncn1. The van der Waals surface area contributed by atoms with Crippen LogP contribution < -0.4 is 20.1 Å². The molecule has 13 heteroatoms. The molecule has 0 fully saturated rings. The number of nitrogens with one attached hydrogen (secondary N) is 3. The first kappa shape index (κ1) is 23.2. The quantitative estimate of drug-likeness (QED) is 0.450. The van der Waals surface area contributed by atoms with Gasteiger partial charge in [-0.2, -0.15) is 13.2 Å². The first-order valence-electron chi connectivity index (χ1n) is 8.81. The highest BCUT2D eigenvalue weighted by Gasteiger charge is 2.30. The number of nitrogens with zero attached hydrogens (tertiary/aromatic N) is 2. The molecule has 0 unspecified atom stereocenters. The summed E-state index contributed by atoms with van der Waals surface area (Å²) in [4.78, 5) is 7.58. The summed E-state index contributed by atoms with van der Waals surface area (Å²) >= 11 is 5.11. The van der Waals surface area contributed by atoms with Gasteiger partial charge in [-0.05, 0) is 54.7 Å². The van der Waals surface area contributed by atoms with E-state index in [1.807, 2.05) is 0 Å². The number of hydrogen-bond donors (Lipinski definition) is 3. The number of halogens is 3. The van der Waals surface area contributed by atoms with Crippen molar-refractivity contribution < 1.29 is 26.3 Å². The maximum Gasteiger partial charge on any atom is 0.416 e. The normalized spacial score (nSPS) is 11.5. The van der Waals surface area contributed by atoms with Gasteiger partial charge in [0.1, 0.15) is 12.1 Å². The largest absolute Gasteiger partial charge is 0.481 e. The van der Waals surface area contributed by atoms with E-state index in [0.29, 0.717) is 5.69 Å². The van der Waals surface area contributed by atoms with Crippen LogP contribution in [0.15, 0.2) is 65.8 Å². The molecule has 0 atom stereocenters. The molecule has 1 heterocycles. The molecule has 0 bridgehead atoms. The average Bonchev–Trinajstić information content (AvgIpc) is 2.73. The van der Waals surface area contributed by atoms with Crippen LogP contribution in [0.2, 0.25) is 0 Å². The Morgan fingerprint density at radius 2 is 1.69 bits per heavy atom. The number of sulfonamides is 1. The minimum absolute atomic E-state index is 0.0329. The first-order valence-corrected chi connectivity index (χ1v) is 10.7. The van der Waals surface area contributed by atoms with Crippen LogP contribution in [-0.2, 0) is 16.2 Å². The van der Waals surface area contributed by atoms with Crippen molar-refractivity contribution in [3.05, 3.63) is 66.5 Å². The predicted octanol–water partition coefficient (Wildman–Crippen LogP) is 4.11. The summed E-state index contributed by atoms with van der Waals surface area (Å²) in [5.41, 5.74) is -0.230. The standard InChI is InChI=1S/C19H16F3N5O3S2/c1-30-17-10-16(23-11-24-17)27-32(28,29)15-7-5-13(6-8-15)25-18(31)26-14-4-2-3-12(9-14)19(20,21)22/h2-11H,1H3,(H,23,24,27)(H2,25,26,31). The molecular formula is C19H16F3N5O3S2. The minimum Gasteiger partial charge on any atom is -0.481 e. The van der Waals surface area contributed by atoms with E-state index in [0.717, 1.165) is 18.5 Å². The number of aromatic nitrogens is 2. The summed E-state index contributed by atoms with van der Waals surface area (Å²) in [6, 6.07) is 11.5. The lowest BCUT2D eigenvalue weighted by Crippen LogP contribution is -2.19. The molecule has 0 radical (unpaired) electrons. The van der Waals surface area contributed by atoms with Gasteiger partial charge >= 0.3 is 6.18 Å². The number of anilines is 3. The smallest absolute Gasteiger partial charge is 0.416 e. The van der Waals surface area contributed by atoms with Gasteiger partial charge in [0.05, 0.1) is 17.6 Å². The third-order valence-electron chi connectivity index (χ3n) is 3.96. The van der Waals surface area contributed by atoms with E-state index >= 15 is 0 Å². The molecule has 0 spiro atoms. The van der Waals surface area contributed by atoms with Crippen LogP contribution in [0.1, 0.15) is 5.56 Å². The van der Waals surface area contributed by atoms with Crippen molar-refractivity contribution in [3.8, 4) is 5.88 Å². The number of ether oxygens (including phenoxy) is 1. The van der Waals surface area contributed by atoms with E-state index in [1.54, 1.807) is 0 Å². The molecule has 3 rings (SSSR count). The maximum atomic E-state index is 12.8. The van der Waals surface area contributed by atoms with Crippen LogP contribution in [0.4, 0.5) is 30.4 Å². The Labute approximate surface area is 186 Å². The van der Waals surface area contributed by atoms with Gasteiger partial charge in [-0.15, -0.1) is 0 Å². The predicted molar refractivity (Wildman–Crippen MR) is 117 cm³/mol. The summed E-state index contributed by atoms with van der Waals surface area (Å²) in [7, 11) is -2.54. The number of benzene rings is 2. The van der Waals surface area contributed by atoms with E-state index < -0.39 is 21.8 Å². The topological polar surface area (TPSA) is 105 Å². The zero-order valence-electron chi connectivity index (χ0n) is 16.3. The van der Waals surface area contributed by atoms with Crippen LogP contribution in [0, 0.1) is 0 Å². The number of methoxy groups -OCH3 is 1. The summed E-state index contributed by atoms with van der Waals surface area (Å²) in [6.07, 6.45) is -3.32. The zero-order valence-corrected chi connectivity index (χ0v) is 18.0. The average molecular weight is 483 g/mol. The van der Waals surface area contributed by atoms with Gasteiger partial charge in [0, 0.05) is 17.4 Å². The van der Waals surface area contributed by atoms with Crippen molar-refractivity contribution in [2.24, 2.45) is 0 Å². The molecule has 2 aromatic carbocycles. The summed E-state index contributed by atoms with van der Waals surface area (Å²) < 4.78 is 70.7. The fourth-order valence-electron chi connectivity index (χ4n) is 2.49.